The van der Waals surface area contributed by atoms with E-state index in [1.54, 1.807) is 0 Å². The molecule has 0 aliphatic carbocycles. The lowest BCUT2D eigenvalue weighted by molar-refractivity contribution is 0.322. The predicted octanol–water partition coefficient (Wildman–Crippen LogP) is 4.09. The first kappa shape index (κ1) is 14.4. The van der Waals surface area contributed by atoms with Crippen LogP contribution in [0.4, 0.5) is 11.4 Å². The van der Waals surface area contributed by atoms with Crippen molar-refractivity contribution in [2.24, 2.45) is 0 Å². The summed E-state index contributed by atoms with van der Waals surface area (Å²) in [5, 5.41) is 3.25. The Bertz CT molecular complexity index is 630. The van der Waals surface area contributed by atoms with Crippen molar-refractivity contribution in [1.82, 2.24) is 5.32 Å². The molecule has 4 heteroatoms. The molecule has 0 atom stereocenters. The molecule has 21 heavy (non-hydrogen) atoms. The minimum Gasteiger partial charge on any atom is -0.491 e. The normalized spacial score (nSPS) is 14.3. The van der Waals surface area contributed by atoms with E-state index in [0.717, 1.165) is 42.0 Å². The molecule has 1 aliphatic rings. The molecule has 2 aromatic rings. The predicted molar refractivity (Wildman–Crippen MR) is 90.5 cm³/mol. The Kier molecular flexibility index (Phi) is 4.46. The SMILES string of the molecule is CNCc1cc(Br)ccc1N1CCCOc2ccccc21. The molecule has 0 saturated carbocycles. The molecule has 0 unspecified atom stereocenters. The van der Waals surface area contributed by atoms with Crippen LogP contribution < -0.4 is 15.0 Å². The Hall–Kier alpha value is -1.52. The number of benzene rings is 2. The van der Waals surface area contributed by atoms with Crippen molar-refractivity contribution in [3.8, 4) is 5.75 Å². The van der Waals surface area contributed by atoms with Crippen molar-refractivity contribution in [3.05, 3.63) is 52.5 Å². The van der Waals surface area contributed by atoms with E-state index in [2.05, 4.69) is 56.5 Å². The molecule has 3 rings (SSSR count). The molecule has 1 N–H and O–H groups in total. The number of rotatable bonds is 3. The van der Waals surface area contributed by atoms with Crippen molar-refractivity contribution in [3.63, 3.8) is 0 Å². The van der Waals surface area contributed by atoms with Gasteiger partial charge in [0.25, 0.3) is 0 Å². The highest BCUT2D eigenvalue weighted by Crippen LogP contribution is 2.37. The smallest absolute Gasteiger partial charge is 0.142 e. The Labute approximate surface area is 134 Å². The van der Waals surface area contributed by atoms with Gasteiger partial charge >= 0.3 is 0 Å². The van der Waals surface area contributed by atoms with Crippen LogP contribution in [0.2, 0.25) is 0 Å². The van der Waals surface area contributed by atoms with Crippen molar-refractivity contribution in [1.29, 1.82) is 0 Å². The summed E-state index contributed by atoms with van der Waals surface area (Å²) in [5.41, 5.74) is 3.67. The van der Waals surface area contributed by atoms with Gasteiger partial charge < -0.3 is 15.0 Å². The van der Waals surface area contributed by atoms with E-state index in [9.17, 15) is 0 Å². The van der Waals surface area contributed by atoms with Crippen LogP contribution >= 0.6 is 15.9 Å². The Morgan fingerprint density at radius 1 is 1.19 bits per heavy atom. The zero-order valence-electron chi connectivity index (χ0n) is 12.1. The first-order chi connectivity index (χ1) is 10.3. The second-order valence-electron chi connectivity index (χ2n) is 5.12. The standard InChI is InChI=1S/C17H19BrN2O/c1-19-12-13-11-14(18)7-8-15(13)20-9-4-10-21-17-6-3-2-5-16(17)20/h2-3,5-8,11,19H,4,9-10,12H2,1H3. The molecular formula is C17H19BrN2O. The molecule has 2 aromatic carbocycles. The number of para-hydroxylation sites is 2. The number of ether oxygens (including phenoxy) is 1. The third-order valence-electron chi connectivity index (χ3n) is 3.64. The van der Waals surface area contributed by atoms with Gasteiger partial charge in [-0.15, -0.1) is 0 Å². The second-order valence-corrected chi connectivity index (χ2v) is 6.04. The first-order valence-electron chi connectivity index (χ1n) is 7.22. The molecule has 0 saturated heterocycles. The number of nitrogens with one attached hydrogen (secondary N) is 1. The molecule has 0 radical (unpaired) electrons. The average molecular weight is 347 g/mol. The fourth-order valence-corrected chi connectivity index (χ4v) is 3.14. The largest absolute Gasteiger partial charge is 0.491 e. The van der Waals surface area contributed by atoms with E-state index < -0.39 is 0 Å². The molecule has 1 aliphatic heterocycles. The van der Waals surface area contributed by atoms with E-state index in [-0.39, 0.29) is 0 Å². The van der Waals surface area contributed by atoms with Gasteiger partial charge in [0.2, 0.25) is 0 Å². The summed E-state index contributed by atoms with van der Waals surface area (Å²) in [6.07, 6.45) is 1.02. The van der Waals surface area contributed by atoms with Gasteiger partial charge in [0.1, 0.15) is 5.75 Å². The molecule has 1 heterocycles. The summed E-state index contributed by atoms with van der Waals surface area (Å²) in [5.74, 6) is 0.966. The minimum atomic E-state index is 0.769. The van der Waals surface area contributed by atoms with Crippen LogP contribution in [0.25, 0.3) is 0 Å². The monoisotopic (exact) mass is 346 g/mol. The van der Waals surface area contributed by atoms with Crippen LogP contribution in [-0.2, 0) is 6.54 Å². The van der Waals surface area contributed by atoms with Crippen molar-refractivity contribution < 1.29 is 4.74 Å². The Morgan fingerprint density at radius 3 is 2.90 bits per heavy atom. The van der Waals surface area contributed by atoms with Crippen LogP contribution in [-0.4, -0.2) is 20.2 Å². The third-order valence-corrected chi connectivity index (χ3v) is 4.13. The van der Waals surface area contributed by atoms with Gasteiger partial charge in [0.05, 0.1) is 12.3 Å². The molecule has 110 valence electrons. The number of fused-ring (bicyclic) bond motifs is 1. The van der Waals surface area contributed by atoms with Crippen LogP contribution in [0.1, 0.15) is 12.0 Å². The van der Waals surface area contributed by atoms with Crippen LogP contribution in [0.15, 0.2) is 46.9 Å². The van der Waals surface area contributed by atoms with Crippen molar-refractivity contribution in [2.45, 2.75) is 13.0 Å². The second kappa shape index (κ2) is 6.50. The minimum absolute atomic E-state index is 0.769. The lowest BCUT2D eigenvalue weighted by Gasteiger charge is -2.26. The quantitative estimate of drug-likeness (QED) is 0.905. The fraction of sp³-hybridized carbons (Fsp3) is 0.294. The maximum Gasteiger partial charge on any atom is 0.142 e. The first-order valence-corrected chi connectivity index (χ1v) is 8.01. The van der Waals surface area contributed by atoms with E-state index in [1.807, 2.05) is 19.2 Å². The Morgan fingerprint density at radius 2 is 2.05 bits per heavy atom. The molecule has 3 nitrogen and oxygen atoms in total. The maximum atomic E-state index is 5.86. The van der Waals surface area contributed by atoms with Gasteiger partial charge in [-0.2, -0.15) is 0 Å². The van der Waals surface area contributed by atoms with Gasteiger partial charge in [-0.25, -0.2) is 0 Å². The molecule has 0 bridgehead atoms. The number of hydrogen-bond donors (Lipinski definition) is 1. The third kappa shape index (κ3) is 3.06. The van der Waals surface area contributed by atoms with Gasteiger partial charge in [0, 0.05) is 23.2 Å². The summed E-state index contributed by atoms with van der Waals surface area (Å²) in [6, 6.07) is 14.7. The van der Waals surface area contributed by atoms with Gasteiger partial charge in [0.15, 0.2) is 0 Å². The average Bonchev–Trinajstić information content (AvgIpc) is 2.70. The number of anilines is 2. The zero-order valence-corrected chi connectivity index (χ0v) is 13.7. The topological polar surface area (TPSA) is 24.5 Å². The molecule has 0 spiro atoms. The molecule has 0 fully saturated rings. The van der Waals surface area contributed by atoms with Crippen LogP contribution in [0, 0.1) is 0 Å². The molecular weight excluding hydrogens is 328 g/mol. The fourth-order valence-electron chi connectivity index (χ4n) is 2.73. The van der Waals surface area contributed by atoms with Crippen LogP contribution in [0.3, 0.4) is 0 Å². The summed E-state index contributed by atoms with van der Waals surface area (Å²) in [7, 11) is 1.98. The summed E-state index contributed by atoms with van der Waals surface area (Å²) >= 11 is 3.57. The van der Waals surface area contributed by atoms with Crippen molar-refractivity contribution >= 4 is 27.3 Å². The lowest BCUT2D eigenvalue weighted by atomic mass is 10.1. The van der Waals surface area contributed by atoms with E-state index in [4.69, 9.17) is 4.74 Å². The number of halogens is 1. The van der Waals surface area contributed by atoms with Crippen molar-refractivity contribution in [2.75, 3.05) is 25.1 Å². The van der Waals surface area contributed by atoms with E-state index in [0.29, 0.717) is 0 Å². The number of hydrogen-bond acceptors (Lipinski definition) is 3. The lowest BCUT2D eigenvalue weighted by Crippen LogP contribution is -2.20. The van der Waals surface area contributed by atoms with E-state index in [1.165, 1.54) is 11.3 Å². The van der Waals surface area contributed by atoms with Gasteiger partial charge in [-0.05, 0) is 49.4 Å². The molecule has 0 amide bonds. The van der Waals surface area contributed by atoms with E-state index >= 15 is 0 Å². The summed E-state index contributed by atoms with van der Waals surface area (Å²) < 4.78 is 6.96. The van der Waals surface area contributed by atoms with Crippen LogP contribution in [0.5, 0.6) is 5.75 Å². The highest BCUT2D eigenvalue weighted by Gasteiger charge is 2.19. The summed E-state index contributed by atoms with van der Waals surface area (Å²) in [6.45, 7) is 2.58. The highest BCUT2D eigenvalue weighted by atomic mass is 79.9. The molecule has 0 aromatic heterocycles. The number of nitrogens with zero attached hydrogens (tertiary/aromatic N) is 1. The summed E-state index contributed by atoms with van der Waals surface area (Å²) in [4.78, 5) is 2.36. The maximum absolute atomic E-state index is 5.86. The van der Waals surface area contributed by atoms with Gasteiger partial charge in [-0.1, -0.05) is 28.1 Å². The Balaban J connectivity index is 2.07. The van der Waals surface area contributed by atoms with Gasteiger partial charge in [-0.3, -0.25) is 0 Å². The highest BCUT2D eigenvalue weighted by molar-refractivity contribution is 9.10. The zero-order chi connectivity index (χ0) is 14.7.